The lowest BCUT2D eigenvalue weighted by molar-refractivity contribution is -0.272. The summed E-state index contributed by atoms with van der Waals surface area (Å²) in [5.41, 5.74) is -2.69. The van der Waals surface area contributed by atoms with Gasteiger partial charge in [0.2, 0.25) is 0 Å². The van der Waals surface area contributed by atoms with E-state index in [9.17, 15) is 29.1 Å². The number of hydrogen-bond donors (Lipinski definition) is 1. The lowest BCUT2D eigenvalue weighted by Crippen LogP contribution is -2.48. The minimum Gasteiger partial charge on any atom is -0.384 e. The molecule has 0 bridgehead atoms. The first-order valence-corrected chi connectivity index (χ1v) is 5.34. The molecular formula is C10H10O10. The van der Waals surface area contributed by atoms with Gasteiger partial charge in [0.15, 0.2) is 5.60 Å². The Morgan fingerprint density at radius 1 is 1.25 bits per heavy atom. The first-order valence-electron chi connectivity index (χ1n) is 5.34. The fraction of sp³-hybridized carbons (Fsp3) is 0.500. The van der Waals surface area contributed by atoms with E-state index in [4.69, 9.17) is 0 Å². The fourth-order valence-corrected chi connectivity index (χ4v) is 1.24. The second kappa shape index (κ2) is 6.21. The van der Waals surface area contributed by atoms with Crippen LogP contribution in [0.4, 0.5) is 0 Å². The summed E-state index contributed by atoms with van der Waals surface area (Å²) in [6.45, 7) is 1.53. The molecule has 1 atom stereocenters. The molecule has 1 saturated heterocycles. The average molecular weight is 290 g/mol. The molecule has 1 fully saturated rings. The van der Waals surface area contributed by atoms with Crippen molar-refractivity contribution >= 4 is 29.8 Å². The molecule has 1 aliphatic heterocycles. The van der Waals surface area contributed by atoms with Gasteiger partial charge < -0.3 is 14.6 Å². The third-order valence-electron chi connectivity index (χ3n) is 2.08. The zero-order chi connectivity index (χ0) is 15.3. The Bertz CT molecular complexity index is 467. The van der Waals surface area contributed by atoms with E-state index in [1.807, 2.05) is 0 Å². The second-order valence-electron chi connectivity index (χ2n) is 3.69. The molecule has 1 unspecified atom stereocenters. The van der Waals surface area contributed by atoms with Gasteiger partial charge in [-0.05, 0) is 6.92 Å². The van der Waals surface area contributed by atoms with E-state index < -0.39 is 48.3 Å². The van der Waals surface area contributed by atoms with Crippen LogP contribution in [0.2, 0.25) is 0 Å². The molecule has 1 aliphatic rings. The number of carbonyl (C=O) groups excluding carboxylic acids is 5. The van der Waals surface area contributed by atoms with Crippen LogP contribution in [0.3, 0.4) is 0 Å². The van der Waals surface area contributed by atoms with E-state index in [0.717, 1.165) is 0 Å². The third-order valence-corrected chi connectivity index (χ3v) is 2.08. The van der Waals surface area contributed by atoms with Gasteiger partial charge in [0.1, 0.15) is 0 Å². The van der Waals surface area contributed by atoms with Crippen molar-refractivity contribution in [1.82, 2.24) is 0 Å². The number of esters is 4. The summed E-state index contributed by atoms with van der Waals surface area (Å²) in [6.07, 6.45) is -2.09. The van der Waals surface area contributed by atoms with Crippen LogP contribution in [-0.4, -0.2) is 47.2 Å². The van der Waals surface area contributed by atoms with Gasteiger partial charge in [-0.2, -0.15) is 4.89 Å². The average Bonchev–Trinajstić information content (AvgIpc) is 2.34. The largest absolute Gasteiger partial charge is 0.425 e. The standard InChI is InChI=1S/C10H10O10/c1-2-17-20-6(12)4-10(16)3-5(11)18-7(13)8(14)19-9(10)15/h16H,2-4H2,1H3. The Morgan fingerprint density at radius 3 is 2.45 bits per heavy atom. The number of carbonyl (C=O) groups is 5. The van der Waals surface area contributed by atoms with E-state index in [1.54, 1.807) is 0 Å². The van der Waals surface area contributed by atoms with Crippen molar-refractivity contribution < 1.29 is 48.3 Å². The molecular weight excluding hydrogens is 280 g/mol. The normalized spacial score (nSPS) is 23.5. The predicted molar refractivity (Wildman–Crippen MR) is 54.1 cm³/mol. The van der Waals surface area contributed by atoms with Crippen LogP contribution < -0.4 is 0 Å². The summed E-state index contributed by atoms with van der Waals surface area (Å²) in [6, 6.07) is 0. The van der Waals surface area contributed by atoms with Crippen LogP contribution in [0, 0.1) is 0 Å². The molecule has 0 aromatic heterocycles. The topological polar surface area (TPSA) is 143 Å². The molecule has 1 rings (SSSR count). The Balaban J connectivity index is 2.86. The van der Waals surface area contributed by atoms with Gasteiger partial charge in [-0.1, -0.05) is 0 Å². The number of rotatable bonds is 4. The summed E-state index contributed by atoms with van der Waals surface area (Å²) >= 11 is 0. The number of ether oxygens (including phenoxy) is 2. The number of cyclic esters (lactones) is 4. The van der Waals surface area contributed by atoms with Crippen LogP contribution in [-0.2, 0) is 43.2 Å². The van der Waals surface area contributed by atoms with Crippen molar-refractivity contribution in [2.45, 2.75) is 25.4 Å². The Morgan fingerprint density at radius 2 is 1.85 bits per heavy atom. The van der Waals surface area contributed by atoms with Gasteiger partial charge >= 0.3 is 29.8 Å². The van der Waals surface area contributed by atoms with Gasteiger partial charge in [0.25, 0.3) is 0 Å². The summed E-state index contributed by atoms with van der Waals surface area (Å²) in [5, 5.41) is 9.89. The van der Waals surface area contributed by atoms with E-state index >= 15 is 0 Å². The molecule has 10 nitrogen and oxygen atoms in total. The van der Waals surface area contributed by atoms with E-state index in [-0.39, 0.29) is 6.61 Å². The van der Waals surface area contributed by atoms with Gasteiger partial charge in [-0.15, -0.1) is 0 Å². The van der Waals surface area contributed by atoms with Crippen molar-refractivity contribution in [1.29, 1.82) is 0 Å². The molecule has 20 heavy (non-hydrogen) atoms. The maximum Gasteiger partial charge on any atom is 0.425 e. The Hall–Kier alpha value is -2.33. The molecule has 110 valence electrons. The third kappa shape index (κ3) is 3.83. The predicted octanol–water partition coefficient (Wildman–Crippen LogP) is -1.85. The van der Waals surface area contributed by atoms with E-state index in [1.165, 1.54) is 6.92 Å². The van der Waals surface area contributed by atoms with Crippen molar-refractivity contribution in [3.63, 3.8) is 0 Å². The van der Waals surface area contributed by atoms with E-state index in [2.05, 4.69) is 19.2 Å². The number of hydrogen-bond acceptors (Lipinski definition) is 10. The van der Waals surface area contributed by atoms with Gasteiger partial charge in [-0.3, -0.25) is 9.68 Å². The highest BCUT2D eigenvalue weighted by atomic mass is 17.2. The van der Waals surface area contributed by atoms with Gasteiger partial charge in [-0.25, -0.2) is 19.2 Å². The van der Waals surface area contributed by atoms with Crippen LogP contribution in [0.15, 0.2) is 0 Å². The van der Waals surface area contributed by atoms with Gasteiger partial charge in [0, 0.05) is 0 Å². The molecule has 0 aromatic carbocycles. The molecule has 1 N–H and O–H groups in total. The molecule has 1 heterocycles. The van der Waals surface area contributed by atoms with Crippen molar-refractivity contribution in [3.05, 3.63) is 0 Å². The first kappa shape index (κ1) is 15.7. The summed E-state index contributed by atoms with van der Waals surface area (Å²) in [4.78, 5) is 64.2. The molecule has 0 spiro atoms. The SMILES string of the molecule is CCOOC(=O)CC1(O)CC(=O)OC(=O)C(=O)OC1=O. The van der Waals surface area contributed by atoms with Crippen LogP contribution in [0.1, 0.15) is 19.8 Å². The van der Waals surface area contributed by atoms with Crippen molar-refractivity contribution in [2.24, 2.45) is 0 Å². The van der Waals surface area contributed by atoms with E-state index in [0.29, 0.717) is 0 Å². The quantitative estimate of drug-likeness (QED) is 0.206. The molecule has 10 heteroatoms. The Kier molecular flexibility index (Phi) is 4.88. The zero-order valence-corrected chi connectivity index (χ0v) is 10.2. The minimum atomic E-state index is -2.69. The Labute approximate surface area is 111 Å². The minimum absolute atomic E-state index is 0.0175. The molecule has 0 saturated carbocycles. The first-order chi connectivity index (χ1) is 9.28. The number of aliphatic hydroxyl groups is 1. The van der Waals surface area contributed by atoms with Gasteiger partial charge in [0.05, 0.1) is 19.4 Å². The molecule has 0 amide bonds. The highest BCUT2D eigenvalue weighted by molar-refractivity contribution is 6.34. The highest BCUT2D eigenvalue weighted by Gasteiger charge is 2.47. The molecule has 0 radical (unpaired) electrons. The summed E-state index contributed by atoms with van der Waals surface area (Å²) in [5.74, 6) is -7.66. The van der Waals surface area contributed by atoms with Crippen LogP contribution in [0.25, 0.3) is 0 Å². The van der Waals surface area contributed by atoms with Crippen molar-refractivity contribution in [3.8, 4) is 0 Å². The van der Waals surface area contributed by atoms with Crippen LogP contribution in [0.5, 0.6) is 0 Å². The maximum absolute atomic E-state index is 11.5. The maximum atomic E-state index is 11.5. The highest BCUT2D eigenvalue weighted by Crippen LogP contribution is 2.21. The lowest BCUT2D eigenvalue weighted by Gasteiger charge is -2.24. The van der Waals surface area contributed by atoms with Crippen LogP contribution >= 0.6 is 0 Å². The summed E-state index contributed by atoms with van der Waals surface area (Å²) in [7, 11) is 0. The summed E-state index contributed by atoms with van der Waals surface area (Å²) < 4.78 is 7.93. The second-order valence-corrected chi connectivity index (χ2v) is 3.69. The monoisotopic (exact) mass is 290 g/mol. The molecule has 0 aliphatic carbocycles. The fourth-order valence-electron chi connectivity index (χ4n) is 1.24. The smallest absolute Gasteiger partial charge is 0.384 e. The molecule has 0 aromatic rings. The lowest BCUT2D eigenvalue weighted by atomic mass is 9.95. The van der Waals surface area contributed by atoms with Crippen molar-refractivity contribution in [2.75, 3.05) is 6.61 Å². The zero-order valence-electron chi connectivity index (χ0n) is 10.2.